The van der Waals surface area contributed by atoms with Crippen molar-refractivity contribution in [3.8, 4) is 0 Å². The second-order valence-corrected chi connectivity index (χ2v) is 5.21. The number of hydrogen-bond acceptors (Lipinski definition) is 2. The topological polar surface area (TPSA) is 29.9 Å². The Labute approximate surface area is 111 Å². The third-order valence-corrected chi connectivity index (χ3v) is 3.72. The van der Waals surface area contributed by atoms with Crippen LogP contribution in [0.3, 0.4) is 0 Å². The van der Waals surface area contributed by atoms with Crippen molar-refractivity contribution in [1.82, 2.24) is 14.9 Å². The van der Waals surface area contributed by atoms with Crippen LogP contribution < -0.4 is 5.32 Å². The van der Waals surface area contributed by atoms with Gasteiger partial charge in [-0.15, -0.1) is 0 Å². The first-order valence-electron chi connectivity index (χ1n) is 6.81. The fourth-order valence-electron chi connectivity index (χ4n) is 2.66. The Balaban J connectivity index is 1.65. The standard InChI is InChI=1S/C13H20F3N3/c14-13(15,16)11-3-1-4-12(9-11)18-5-2-7-19-8-6-17-10-19/h6,8,10-12,18H,1-5,7,9H2. The van der Waals surface area contributed by atoms with E-state index in [0.717, 1.165) is 25.9 Å². The van der Waals surface area contributed by atoms with Gasteiger partial charge in [-0.2, -0.15) is 13.2 Å². The lowest BCUT2D eigenvalue weighted by Gasteiger charge is -2.31. The quantitative estimate of drug-likeness (QED) is 0.837. The molecule has 6 heteroatoms. The van der Waals surface area contributed by atoms with Crippen LogP contribution in [0.4, 0.5) is 13.2 Å². The second-order valence-electron chi connectivity index (χ2n) is 5.21. The van der Waals surface area contributed by atoms with Crippen molar-refractivity contribution < 1.29 is 13.2 Å². The Bertz CT molecular complexity index is 362. The van der Waals surface area contributed by atoms with Crippen LogP contribution in [0.25, 0.3) is 0 Å². The molecule has 1 aliphatic carbocycles. The highest BCUT2D eigenvalue weighted by atomic mass is 19.4. The molecule has 0 aromatic carbocycles. The second kappa shape index (κ2) is 6.41. The molecule has 3 nitrogen and oxygen atoms in total. The fourth-order valence-corrected chi connectivity index (χ4v) is 2.66. The van der Waals surface area contributed by atoms with E-state index in [-0.39, 0.29) is 18.9 Å². The monoisotopic (exact) mass is 275 g/mol. The first kappa shape index (κ1) is 14.4. The summed E-state index contributed by atoms with van der Waals surface area (Å²) in [4.78, 5) is 3.95. The zero-order valence-electron chi connectivity index (χ0n) is 10.9. The van der Waals surface area contributed by atoms with Crippen LogP contribution in [-0.4, -0.2) is 28.3 Å². The van der Waals surface area contributed by atoms with Crippen LogP contribution in [-0.2, 0) is 6.54 Å². The van der Waals surface area contributed by atoms with E-state index in [2.05, 4.69) is 10.3 Å². The number of aryl methyl sites for hydroxylation is 1. The Morgan fingerprint density at radius 3 is 2.84 bits per heavy atom. The van der Waals surface area contributed by atoms with Crippen molar-refractivity contribution in [1.29, 1.82) is 0 Å². The van der Waals surface area contributed by atoms with E-state index >= 15 is 0 Å². The third-order valence-electron chi connectivity index (χ3n) is 3.72. The molecule has 2 rings (SSSR count). The lowest BCUT2D eigenvalue weighted by Crippen LogP contribution is -2.39. The van der Waals surface area contributed by atoms with E-state index in [4.69, 9.17) is 0 Å². The van der Waals surface area contributed by atoms with E-state index in [9.17, 15) is 13.2 Å². The first-order chi connectivity index (χ1) is 9.05. The van der Waals surface area contributed by atoms with Crippen molar-refractivity contribution in [2.45, 2.75) is 50.9 Å². The highest BCUT2D eigenvalue weighted by Crippen LogP contribution is 2.37. The zero-order chi connectivity index (χ0) is 13.7. The van der Waals surface area contributed by atoms with E-state index in [1.807, 2.05) is 10.8 Å². The molecule has 19 heavy (non-hydrogen) atoms. The summed E-state index contributed by atoms with van der Waals surface area (Å²) in [5.74, 6) is -1.12. The van der Waals surface area contributed by atoms with Crippen molar-refractivity contribution in [3.63, 3.8) is 0 Å². The van der Waals surface area contributed by atoms with Gasteiger partial charge in [-0.1, -0.05) is 6.42 Å². The van der Waals surface area contributed by atoms with Gasteiger partial charge in [-0.05, 0) is 32.2 Å². The van der Waals surface area contributed by atoms with Crippen molar-refractivity contribution >= 4 is 0 Å². The summed E-state index contributed by atoms with van der Waals surface area (Å²) >= 11 is 0. The highest BCUT2D eigenvalue weighted by molar-refractivity contribution is 4.82. The fraction of sp³-hybridized carbons (Fsp3) is 0.769. The normalized spacial score (nSPS) is 24.6. The number of halogens is 3. The average molecular weight is 275 g/mol. The number of hydrogen-bond donors (Lipinski definition) is 1. The van der Waals surface area contributed by atoms with Crippen LogP contribution >= 0.6 is 0 Å². The summed E-state index contributed by atoms with van der Waals surface area (Å²) in [6, 6.07) is 0.0168. The van der Waals surface area contributed by atoms with Crippen molar-refractivity contribution in [2.24, 2.45) is 5.92 Å². The lowest BCUT2D eigenvalue weighted by atomic mass is 9.85. The number of alkyl halides is 3. The highest BCUT2D eigenvalue weighted by Gasteiger charge is 2.41. The minimum absolute atomic E-state index is 0.0168. The summed E-state index contributed by atoms with van der Waals surface area (Å²) in [5.41, 5.74) is 0. The zero-order valence-corrected chi connectivity index (χ0v) is 10.9. The predicted molar refractivity (Wildman–Crippen MR) is 66.6 cm³/mol. The summed E-state index contributed by atoms with van der Waals surface area (Å²) in [7, 11) is 0. The third kappa shape index (κ3) is 4.53. The van der Waals surface area contributed by atoms with Gasteiger partial charge >= 0.3 is 6.18 Å². The largest absolute Gasteiger partial charge is 0.391 e. The van der Waals surface area contributed by atoms with Gasteiger partial charge in [0, 0.05) is 25.0 Å². The van der Waals surface area contributed by atoms with Gasteiger partial charge < -0.3 is 9.88 Å². The first-order valence-corrected chi connectivity index (χ1v) is 6.81. The Morgan fingerprint density at radius 1 is 1.32 bits per heavy atom. The van der Waals surface area contributed by atoms with Gasteiger partial charge in [0.2, 0.25) is 0 Å². The maximum absolute atomic E-state index is 12.7. The van der Waals surface area contributed by atoms with E-state index in [0.29, 0.717) is 6.42 Å². The molecule has 1 heterocycles. The lowest BCUT2D eigenvalue weighted by molar-refractivity contribution is -0.183. The molecule has 1 aliphatic rings. The van der Waals surface area contributed by atoms with Crippen LogP contribution in [0.1, 0.15) is 32.1 Å². The molecule has 1 saturated carbocycles. The van der Waals surface area contributed by atoms with Crippen LogP contribution in [0.5, 0.6) is 0 Å². The molecule has 2 unspecified atom stereocenters. The molecular weight excluding hydrogens is 255 g/mol. The van der Waals surface area contributed by atoms with E-state index < -0.39 is 12.1 Å². The van der Waals surface area contributed by atoms with Crippen LogP contribution in [0.15, 0.2) is 18.7 Å². The number of aromatic nitrogens is 2. The number of imidazole rings is 1. The van der Waals surface area contributed by atoms with Gasteiger partial charge in [0.15, 0.2) is 0 Å². The SMILES string of the molecule is FC(F)(F)C1CCCC(NCCCn2ccnc2)C1. The molecule has 2 atom stereocenters. The number of rotatable bonds is 5. The smallest absolute Gasteiger partial charge is 0.337 e. The molecule has 1 aromatic rings. The average Bonchev–Trinajstić information content (AvgIpc) is 2.87. The number of nitrogens with one attached hydrogen (secondary N) is 1. The molecule has 1 N–H and O–H groups in total. The van der Waals surface area contributed by atoms with Gasteiger partial charge in [0.1, 0.15) is 0 Å². The molecule has 0 bridgehead atoms. The Kier molecular flexibility index (Phi) is 4.85. The number of nitrogens with zero attached hydrogens (tertiary/aromatic N) is 2. The van der Waals surface area contributed by atoms with Gasteiger partial charge in [-0.3, -0.25) is 0 Å². The van der Waals surface area contributed by atoms with Crippen LogP contribution in [0.2, 0.25) is 0 Å². The predicted octanol–water partition coefficient (Wildman–Crippen LogP) is 2.98. The molecule has 0 aliphatic heterocycles. The van der Waals surface area contributed by atoms with Crippen molar-refractivity contribution in [3.05, 3.63) is 18.7 Å². The summed E-state index contributed by atoms with van der Waals surface area (Å²) < 4.78 is 39.9. The summed E-state index contributed by atoms with van der Waals surface area (Å²) in [6.45, 7) is 1.61. The maximum Gasteiger partial charge on any atom is 0.391 e. The Morgan fingerprint density at radius 2 is 2.16 bits per heavy atom. The van der Waals surface area contributed by atoms with Crippen molar-refractivity contribution in [2.75, 3.05) is 6.54 Å². The minimum Gasteiger partial charge on any atom is -0.337 e. The summed E-state index contributed by atoms with van der Waals surface area (Å²) in [6.07, 6.45) is 4.29. The summed E-state index contributed by atoms with van der Waals surface area (Å²) in [5, 5.41) is 3.25. The van der Waals surface area contributed by atoms with Gasteiger partial charge in [0.05, 0.1) is 12.2 Å². The molecule has 108 valence electrons. The molecule has 0 spiro atoms. The van der Waals surface area contributed by atoms with E-state index in [1.165, 1.54) is 0 Å². The molecular formula is C13H20F3N3. The molecule has 1 fully saturated rings. The van der Waals surface area contributed by atoms with Gasteiger partial charge in [-0.25, -0.2) is 4.98 Å². The molecule has 0 amide bonds. The molecule has 1 aromatic heterocycles. The van der Waals surface area contributed by atoms with Crippen LogP contribution in [0, 0.1) is 5.92 Å². The molecule has 0 saturated heterocycles. The van der Waals surface area contributed by atoms with Gasteiger partial charge in [0.25, 0.3) is 0 Å². The Hall–Kier alpha value is -1.04. The maximum atomic E-state index is 12.7. The molecule has 0 radical (unpaired) electrons. The van der Waals surface area contributed by atoms with E-state index in [1.54, 1.807) is 12.5 Å². The minimum atomic E-state index is -4.03.